The first kappa shape index (κ1) is 21.1. The number of rotatable bonds is 9. The van der Waals surface area contributed by atoms with Crippen LogP contribution in [0.5, 0.6) is 0 Å². The second-order valence-electron chi connectivity index (χ2n) is 5.75. The Kier molecular flexibility index (Phi) is 9.38. The highest BCUT2D eigenvalue weighted by molar-refractivity contribution is 14.1. The number of benzene rings is 2. The predicted molar refractivity (Wildman–Crippen MR) is 117 cm³/mol. The van der Waals surface area contributed by atoms with Crippen LogP contribution in [0.4, 0.5) is 0 Å². The zero-order chi connectivity index (χ0) is 18.8. The van der Waals surface area contributed by atoms with Gasteiger partial charge in [-0.1, -0.05) is 24.3 Å². The smallest absolute Gasteiger partial charge is 0.310 e. The summed E-state index contributed by atoms with van der Waals surface area (Å²) >= 11 is 4.45. The van der Waals surface area contributed by atoms with Gasteiger partial charge in [0.1, 0.15) is 0 Å². The molecule has 0 bridgehead atoms. The van der Waals surface area contributed by atoms with Gasteiger partial charge in [0.15, 0.2) is 0 Å². The lowest BCUT2D eigenvalue weighted by Gasteiger charge is -2.07. The highest BCUT2D eigenvalue weighted by Gasteiger charge is 2.06. The summed E-state index contributed by atoms with van der Waals surface area (Å²) in [4.78, 5) is 23.5. The highest BCUT2D eigenvalue weighted by Crippen LogP contribution is 2.09. The van der Waals surface area contributed by atoms with Gasteiger partial charge in [-0.2, -0.15) is 0 Å². The first-order chi connectivity index (χ1) is 12.5. The van der Waals surface area contributed by atoms with Gasteiger partial charge in [0.25, 0.3) is 0 Å². The van der Waals surface area contributed by atoms with Gasteiger partial charge in [0.05, 0.1) is 26.1 Å². The van der Waals surface area contributed by atoms with E-state index in [1.807, 2.05) is 48.5 Å². The van der Waals surface area contributed by atoms with Crippen LogP contribution in [0.15, 0.2) is 48.5 Å². The van der Waals surface area contributed by atoms with Crippen molar-refractivity contribution in [2.24, 2.45) is 0 Å². The van der Waals surface area contributed by atoms with Gasteiger partial charge < -0.3 is 9.47 Å². The van der Waals surface area contributed by atoms with Gasteiger partial charge >= 0.3 is 11.9 Å². The summed E-state index contributed by atoms with van der Waals surface area (Å²) in [6.45, 7) is 0.690. The van der Waals surface area contributed by atoms with Crippen molar-refractivity contribution >= 4 is 57.1 Å². The summed E-state index contributed by atoms with van der Waals surface area (Å²) in [5, 5.41) is 0. The molecular weight excluding hydrogens is 558 g/mol. The summed E-state index contributed by atoms with van der Waals surface area (Å²) < 4.78 is 12.7. The lowest BCUT2D eigenvalue weighted by Crippen LogP contribution is -2.11. The Labute approximate surface area is 180 Å². The lowest BCUT2D eigenvalue weighted by molar-refractivity contribution is -0.145. The van der Waals surface area contributed by atoms with E-state index in [0.29, 0.717) is 26.1 Å². The third kappa shape index (κ3) is 8.48. The number of hydrogen-bond acceptors (Lipinski definition) is 4. The van der Waals surface area contributed by atoms with Gasteiger partial charge in [-0.05, 0) is 93.4 Å². The first-order valence-corrected chi connectivity index (χ1v) is 10.5. The number of unbranched alkanes of at least 4 members (excludes halogenated alkanes) is 1. The van der Waals surface area contributed by atoms with E-state index in [9.17, 15) is 9.59 Å². The average Bonchev–Trinajstić information content (AvgIpc) is 2.62. The predicted octanol–water partition coefficient (Wildman–Crippen LogP) is 4.55. The Morgan fingerprint density at radius 3 is 1.35 bits per heavy atom. The van der Waals surface area contributed by atoms with Gasteiger partial charge in [-0.3, -0.25) is 9.59 Å². The molecule has 0 saturated heterocycles. The minimum atomic E-state index is -0.234. The SMILES string of the molecule is O=C(Cc1ccc(I)cc1)OCCCCOC(=O)Cc1ccc(I)cc1. The molecule has 0 aliphatic heterocycles. The molecule has 2 aromatic carbocycles. The zero-order valence-corrected chi connectivity index (χ0v) is 18.6. The number of hydrogen-bond donors (Lipinski definition) is 0. The molecule has 0 aromatic heterocycles. The number of ether oxygens (including phenoxy) is 2. The molecular formula is C20H20I2O4. The molecule has 0 amide bonds. The van der Waals surface area contributed by atoms with Crippen molar-refractivity contribution < 1.29 is 19.1 Å². The van der Waals surface area contributed by atoms with Crippen molar-refractivity contribution in [2.45, 2.75) is 25.7 Å². The molecule has 2 rings (SSSR count). The highest BCUT2D eigenvalue weighted by atomic mass is 127. The average molecular weight is 578 g/mol. The third-order valence-corrected chi connectivity index (χ3v) is 5.03. The maximum Gasteiger partial charge on any atom is 0.310 e. The van der Waals surface area contributed by atoms with E-state index in [2.05, 4.69) is 45.2 Å². The van der Waals surface area contributed by atoms with E-state index in [4.69, 9.17) is 9.47 Å². The van der Waals surface area contributed by atoms with Crippen LogP contribution in [0.3, 0.4) is 0 Å². The molecule has 0 saturated carbocycles. The van der Waals surface area contributed by atoms with Crippen molar-refractivity contribution in [3.63, 3.8) is 0 Å². The summed E-state index contributed by atoms with van der Waals surface area (Å²) in [6.07, 6.45) is 1.91. The second-order valence-corrected chi connectivity index (χ2v) is 8.25. The molecule has 4 nitrogen and oxygen atoms in total. The van der Waals surface area contributed by atoms with E-state index in [0.717, 1.165) is 18.3 Å². The molecule has 0 heterocycles. The molecule has 0 spiro atoms. The maximum atomic E-state index is 11.8. The quantitative estimate of drug-likeness (QED) is 0.249. The van der Waals surface area contributed by atoms with Crippen LogP contribution in [-0.2, 0) is 31.9 Å². The van der Waals surface area contributed by atoms with Crippen LogP contribution in [0.25, 0.3) is 0 Å². The van der Waals surface area contributed by atoms with Gasteiger partial charge in [-0.15, -0.1) is 0 Å². The van der Waals surface area contributed by atoms with E-state index >= 15 is 0 Å². The van der Waals surface area contributed by atoms with E-state index in [1.54, 1.807) is 0 Å². The van der Waals surface area contributed by atoms with E-state index < -0.39 is 0 Å². The molecule has 0 atom stereocenters. The van der Waals surface area contributed by atoms with Gasteiger partial charge in [0, 0.05) is 7.14 Å². The number of halogens is 2. The Morgan fingerprint density at radius 1 is 0.654 bits per heavy atom. The van der Waals surface area contributed by atoms with Gasteiger partial charge in [0.2, 0.25) is 0 Å². The van der Waals surface area contributed by atoms with Crippen LogP contribution >= 0.6 is 45.2 Å². The lowest BCUT2D eigenvalue weighted by atomic mass is 10.1. The molecule has 0 aliphatic rings. The Bertz CT molecular complexity index is 648. The van der Waals surface area contributed by atoms with Crippen LogP contribution < -0.4 is 0 Å². The molecule has 26 heavy (non-hydrogen) atoms. The maximum absolute atomic E-state index is 11.8. The summed E-state index contributed by atoms with van der Waals surface area (Å²) in [5.41, 5.74) is 1.89. The monoisotopic (exact) mass is 578 g/mol. The van der Waals surface area contributed by atoms with Gasteiger partial charge in [-0.25, -0.2) is 0 Å². The molecule has 6 heteroatoms. The van der Waals surface area contributed by atoms with Crippen molar-refractivity contribution in [3.8, 4) is 0 Å². The largest absolute Gasteiger partial charge is 0.465 e. The van der Waals surface area contributed by atoms with Crippen LogP contribution in [0.2, 0.25) is 0 Å². The third-order valence-electron chi connectivity index (χ3n) is 3.59. The Hall–Kier alpha value is -1.16. The molecule has 0 fully saturated rings. The number of esters is 2. The minimum Gasteiger partial charge on any atom is -0.465 e. The van der Waals surface area contributed by atoms with E-state index in [1.165, 1.54) is 0 Å². The minimum absolute atomic E-state index is 0.234. The summed E-state index contributed by atoms with van der Waals surface area (Å²) in [6, 6.07) is 15.6. The Morgan fingerprint density at radius 2 is 1.00 bits per heavy atom. The zero-order valence-electron chi connectivity index (χ0n) is 14.3. The Balaban J connectivity index is 1.53. The van der Waals surface area contributed by atoms with Crippen molar-refractivity contribution in [1.82, 2.24) is 0 Å². The normalized spacial score (nSPS) is 10.4. The van der Waals surface area contributed by atoms with Crippen molar-refractivity contribution in [2.75, 3.05) is 13.2 Å². The molecule has 0 radical (unpaired) electrons. The molecule has 2 aromatic rings. The fourth-order valence-electron chi connectivity index (χ4n) is 2.22. The summed E-state index contributed by atoms with van der Waals surface area (Å²) in [5.74, 6) is -0.469. The molecule has 0 aliphatic carbocycles. The second kappa shape index (κ2) is 11.5. The first-order valence-electron chi connectivity index (χ1n) is 8.33. The fourth-order valence-corrected chi connectivity index (χ4v) is 2.94. The van der Waals surface area contributed by atoms with E-state index in [-0.39, 0.29) is 24.8 Å². The van der Waals surface area contributed by atoms with Crippen molar-refractivity contribution in [1.29, 1.82) is 0 Å². The van der Waals surface area contributed by atoms with Crippen molar-refractivity contribution in [3.05, 3.63) is 66.8 Å². The van der Waals surface area contributed by atoms with Crippen LogP contribution in [-0.4, -0.2) is 25.2 Å². The molecule has 0 N–H and O–H groups in total. The summed E-state index contributed by atoms with van der Waals surface area (Å²) in [7, 11) is 0. The topological polar surface area (TPSA) is 52.6 Å². The standard InChI is InChI=1S/C20H20I2O4/c21-17-7-3-15(4-8-17)13-19(23)25-11-1-2-12-26-20(24)14-16-5-9-18(22)10-6-16/h3-10H,1-2,11-14H2. The van der Waals surface area contributed by atoms with Crippen LogP contribution in [0, 0.1) is 7.14 Å². The molecule has 0 unspecified atom stereocenters. The fraction of sp³-hybridized carbons (Fsp3) is 0.300. The number of carbonyl (C=O) groups excluding carboxylic acids is 2. The molecule has 138 valence electrons. The number of carbonyl (C=O) groups is 2. The van der Waals surface area contributed by atoms with Crippen LogP contribution in [0.1, 0.15) is 24.0 Å².